The molecule has 1 aromatic heterocycles. The van der Waals surface area contributed by atoms with E-state index in [9.17, 15) is 4.79 Å². The summed E-state index contributed by atoms with van der Waals surface area (Å²) in [5.74, 6) is 1.34. The lowest BCUT2D eigenvalue weighted by molar-refractivity contribution is -0.121. The maximum Gasteiger partial charge on any atom is 0.221 e. The van der Waals surface area contributed by atoms with E-state index in [0.717, 1.165) is 31.9 Å². The highest BCUT2D eigenvalue weighted by molar-refractivity contribution is 14.0. The van der Waals surface area contributed by atoms with E-state index in [2.05, 4.69) is 52.3 Å². The number of carbonyl (C=O) groups is 1. The van der Waals surface area contributed by atoms with Gasteiger partial charge in [-0.1, -0.05) is 32.3 Å². The third-order valence-corrected chi connectivity index (χ3v) is 5.61. The summed E-state index contributed by atoms with van der Waals surface area (Å²) in [4.78, 5) is 18.1. The minimum absolute atomic E-state index is 0. The van der Waals surface area contributed by atoms with E-state index < -0.39 is 0 Å². The summed E-state index contributed by atoms with van der Waals surface area (Å²) in [6.45, 7) is 6.40. The number of rotatable bonds is 8. The second kappa shape index (κ2) is 13.4. The lowest BCUT2D eigenvalue weighted by Gasteiger charge is -2.22. The summed E-state index contributed by atoms with van der Waals surface area (Å²) in [6.07, 6.45) is 6.53. The Hall–Kier alpha value is -0.830. The molecule has 3 N–H and O–H groups in total. The topological polar surface area (TPSA) is 65.5 Å². The van der Waals surface area contributed by atoms with Crippen LogP contribution in [-0.2, 0) is 4.79 Å². The van der Waals surface area contributed by atoms with Crippen molar-refractivity contribution in [3.8, 4) is 0 Å². The molecule has 0 saturated heterocycles. The molecule has 0 spiro atoms. The van der Waals surface area contributed by atoms with Crippen LogP contribution < -0.4 is 16.0 Å². The van der Waals surface area contributed by atoms with Crippen molar-refractivity contribution in [2.24, 2.45) is 4.99 Å². The molecule has 1 aliphatic rings. The minimum atomic E-state index is 0. The zero-order valence-corrected chi connectivity index (χ0v) is 19.1. The smallest absolute Gasteiger partial charge is 0.221 e. The molecule has 5 nitrogen and oxygen atoms in total. The SMILES string of the molecule is CCNC(=NCC(C)c1cccs1)NCCC(=O)NC1CCCCC1.I. The Kier molecular flexibility index (Phi) is 11.9. The summed E-state index contributed by atoms with van der Waals surface area (Å²) in [5, 5.41) is 11.8. The van der Waals surface area contributed by atoms with Crippen molar-refractivity contribution >= 4 is 47.2 Å². The second-order valence-corrected chi connectivity index (χ2v) is 7.69. The maximum absolute atomic E-state index is 12.1. The van der Waals surface area contributed by atoms with Crippen LogP contribution >= 0.6 is 35.3 Å². The van der Waals surface area contributed by atoms with Crippen molar-refractivity contribution in [1.82, 2.24) is 16.0 Å². The van der Waals surface area contributed by atoms with Gasteiger partial charge in [-0.15, -0.1) is 35.3 Å². The summed E-state index contributed by atoms with van der Waals surface area (Å²) in [6, 6.07) is 4.62. The van der Waals surface area contributed by atoms with Crippen LogP contribution in [0.25, 0.3) is 0 Å². The molecule has 26 heavy (non-hydrogen) atoms. The number of aliphatic imine (C=N–C) groups is 1. The van der Waals surface area contributed by atoms with Gasteiger partial charge in [-0.3, -0.25) is 9.79 Å². The summed E-state index contributed by atoms with van der Waals surface area (Å²) in [7, 11) is 0. The van der Waals surface area contributed by atoms with Crippen LogP contribution in [0.3, 0.4) is 0 Å². The Morgan fingerprint density at radius 3 is 2.73 bits per heavy atom. The number of guanidine groups is 1. The van der Waals surface area contributed by atoms with Gasteiger partial charge in [0.1, 0.15) is 0 Å². The summed E-state index contributed by atoms with van der Waals surface area (Å²) in [5.41, 5.74) is 0. The highest BCUT2D eigenvalue weighted by atomic mass is 127. The molecule has 1 amide bonds. The molecule has 0 bridgehead atoms. The average molecular weight is 492 g/mol. The third kappa shape index (κ3) is 8.70. The third-order valence-electron chi connectivity index (χ3n) is 4.51. The summed E-state index contributed by atoms with van der Waals surface area (Å²) >= 11 is 1.77. The van der Waals surface area contributed by atoms with Crippen LogP contribution in [0.15, 0.2) is 22.5 Å². The number of nitrogens with zero attached hydrogens (tertiary/aromatic N) is 1. The molecule has 1 aliphatic carbocycles. The number of nitrogens with one attached hydrogen (secondary N) is 3. The predicted molar refractivity (Wildman–Crippen MR) is 122 cm³/mol. The number of amides is 1. The van der Waals surface area contributed by atoms with E-state index in [0.29, 0.717) is 24.9 Å². The standard InChI is InChI=1S/C19H32N4OS.HI/c1-3-20-19(22-14-15(2)17-10-7-13-25-17)21-12-11-18(24)23-16-8-5-4-6-9-16;/h7,10,13,15-16H,3-6,8-9,11-12,14H2,1-2H3,(H,23,24)(H2,20,21,22);1H. The van der Waals surface area contributed by atoms with Crippen molar-refractivity contribution in [3.05, 3.63) is 22.4 Å². The van der Waals surface area contributed by atoms with Crippen LogP contribution in [-0.4, -0.2) is 37.5 Å². The number of halogens is 1. The van der Waals surface area contributed by atoms with Crippen LogP contribution in [0.2, 0.25) is 0 Å². The zero-order valence-electron chi connectivity index (χ0n) is 15.9. The molecule has 0 aliphatic heterocycles. The minimum Gasteiger partial charge on any atom is -0.357 e. The van der Waals surface area contributed by atoms with Gasteiger partial charge in [0.15, 0.2) is 5.96 Å². The van der Waals surface area contributed by atoms with E-state index in [1.165, 1.54) is 24.1 Å². The van der Waals surface area contributed by atoms with Gasteiger partial charge in [0.05, 0.1) is 6.54 Å². The van der Waals surface area contributed by atoms with E-state index in [1.807, 2.05) is 0 Å². The first-order valence-electron chi connectivity index (χ1n) is 9.54. The number of thiophene rings is 1. The van der Waals surface area contributed by atoms with Gasteiger partial charge in [-0.25, -0.2) is 0 Å². The lowest BCUT2D eigenvalue weighted by Crippen LogP contribution is -2.41. The van der Waals surface area contributed by atoms with Crippen LogP contribution in [0.5, 0.6) is 0 Å². The summed E-state index contributed by atoms with van der Waals surface area (Å²) < 4.78 is 0. The Bertz CT molecular complexity index is 530. The fourth-order valence-electron chi connectivity index (χ4n) is 3.07. The van der Waals surface area contributed by atoms with Gasteiger partial charge in [-0.05, 0) is 31.2 Å². The Labute approximate surface area is 178 Å². The molecule has 1 saturated carbocycles. The van der Waals surface area contributed by atoms with E-state index in [-0.39, 0.29) is 29.9 Å². The van der Waals surface area contributed by atoms with Gasteiger partial charge >= 0.3 is 0 Å². The largest absolute Gasteiger partial charge is 0.357 e. The number of carbonyl (C=O) groups excluding carboxylic acids is 1. The van der Waals surface area contributed by atoms with Gasteiger partial charge in [0, 0.05) is 36.3 Å². The molecule has 2 rings (SSSR count). The van der Waals surface area contributed by atoms with Gasteiger partial charge in [0.25, 0.3) is 0 Å². The molecular weight excluding hydrogens is 459 g/mol. The highest BCUT2D eigenvalue weighted by Crippen LogP contribution is 2.20. The average Bonchev–Trinajstić information content (AvgIpc) is 3.15. The molecule has 1 heterocycles. The lowest BCUT2D eigenvalue weighted by atomic mass is 9.95. The van der Waals surface area contributed by atoms with Crippen molar-refractivity contribution in [3.63, 3.8) is 0 Å². The van der Waals surface area contributed by atoms with Crippen LogP contribution in [0, 0.1) is 0 Å². The predicted octanol–water partition coefficient (Wildman–Crippen LogP) is 3.86. The molecule has 7 heteroatoms. The second-order valence-electron chi connectivity index (χ2n) is 6.72. The number of hydrogen-bond donors (Lipinski definition) is 3. The number of hydrogen-bond acceptors (Lipinski definition) is 3. The van der Waals surface area contributed by atoms with Crippen LogP contribution in [0.4, 0.5) is 0 Å². The first kappa shape index (κ1) is 23.2. The van der Waals surface area contributed by atoms with E-state index >= 15 is 0 Å². The van der Waals surface area contributed by atoms with E-state index in [4.69, 9.17) is 0 Å². The normalized spacial score (nSPS) is 16.5. The van der Waals surface area contributed by atoms with Crippen molar-refractivity contribution in [2.75, 3.05) is 19.6 Å². The van der Waals surface area contributed by atoms with Crippen molar-refractivity contribution in [1.29, 1.82) is 0 Å². The molecule has 1 aromatic rings. The Balaban J connectivity index is 0.00000338. The maximum atomic E-state index is 12.1. The highest BCUT2D eigenvalue weighted by Gasteiger charge is 2.15. The van der Waals surface area contributed by atoms with Crippen molar-refractivity contribution in [2.45, 2.75) is 64.3 Å². The monoisotopic (exact) mass is 492 g/mol. The van der Waals surface area contributed by atoms with Gasteiger partial charge < -0.3 is 16.0 Å². The molecular formula is C19H33IN4OS. The first-order valence-corrected chi connectivity index (χ1v) is 10.4. The Morgan fingerprint density at radius 2 is 2.08 bits per heavy atom. The fourth-order valence-corrected chi connectivity index (χ4v) is 3.85. The Morgan fingerprint density at radius 1 is 1.31 bits per heavy atom. The first-order chi connectivity index (χ1) is 12.2. The van der Waals surface area contributed by atoms with Gasteiger partial charge in [0.2, 0.25) is 5.91 Å². The molecule has 1 atom stereocenters. The molecule has 148 valence electrons. The quantitative estimate of drug-likeness (QED) is 0.293. The van der Waals surface area contributed by atoms with Gasteiger partial charge in [-0.2, -0.15) is 0 Å². The molecule has 1 fully saturated rings. The fraction of sp³-hybridized carbons (Fsp3) is 0.684. The van der Waals surface area contributed by atoms with E-state index in [1.54, 1.807) is 11.3 Å². The zero-order chi connectivity index (χ0) is 17.9. The molecule has 0 aromatic carbocycles. The van der Waals surface area contributed by atoms with Crippen LogP contribution in [0.1, 0.15) is 63.2 Å². The van der Waals surface area contributed by atoms with Crippen molar-refractivity contribution < 1.29 is 4.79 Å². The molecule has 0 radical (unpaired) electrons. The molecule has 1 unspecified atom stereocenters.